The van der Waals surface area contributed by atoms with Crippen LogP contribution in [0.25, 0.3) is 27.3 Å². The standard InChI is InChI=1S/C23H21F3N2/c1-12-10-11-16-18-17(12)14-8-6-7-9-15(14)20-27-13(2)19(28(18)20)22(5,21(16,3)4)23(24,25)26/h6-11H,1-5H3. The molecule has 0 radical (unpaired) electrons. The summed E-state index contributed by atoms with van der Waals surface area (Å²) in [7, 11) is 0. The van der Waals surface area contributed by atoms with Crippen LogP contribution in [-0.2, 0) is 10.8 Å². The summed E-state index contributed by atoms with van der Waals surface area (Å²) in [6, 6.07) is 11.7. The number of hydrogen-bond acceptors (Lipinski definition) is 1. The first-order chi connectivity index (χ1) is 13.0. The van der Waals surface area contributed by atoms with Crippen molar-refractivity contribution in [3.05, 3.63) is 58.9 Å². The summed E-state index contributed by atoms with van der Waals surface area (Å²) in [5.74, 6) is 0. The first-order valence-electron chi connectivity index (χ1n) is 9.42. The van der Waals surface area contributed by atoms with Gasteiger partial charge in [0.05, 0.1) is 16.9 Å². The van der Waals surface area contributed by atoms with Crippen LogP contribution in [0.1, 0.15) is 43.3 Å². The second-order valence-corrected chi connectivity index (χ2v) is 8.65. The number of imidazole rings is 1. The lowest BCUT2D eigenvalue weighted by Crippen LogP contribution is -2.56. The summed E-state index contributed by atoms with van der Waals surface area (Å²) < 4.78 is 45.7. The van der Waals surface area contributed by atoms with E-state index in [1.165, 1.54) is 6.92 Å². The van der Waals surface area contributed by atoms with Crippen LogP contribution in [0.4, 0.5) is 13.2 Å². The molecular weight excluding hydrogens is 361 g/mol. The van der Waals surface area contributed by atoms with Crippen molar-refractivity contribution in [3.63, 3.8) is 0 Å². The number of aromatic nitrogens is 2. The molecule has 144 valence electrons. The number of aryl methyl sites for hydroxylation is 2. The van der Waals surface area contributed by atoms with Gasteiger partial charge in [-0.25, -0.2) is 4.98 Å². The topological polar surface area (TPSA) is 17.3 Å². The lowest BCUT2D eigenvalue weighted by Gasteiger charge is -2.49. The smallest absolute Gasteiger partial charge is 0.295 e. The molecule has 0 bridgehead atoms. The Balaban J connectivity index is 2.21. The minimum atomic E-state index is -4.42. The Morgan fingerprint density at radius 2 is 1.57 bits per heavy atom. The predicted molar refractivity (Wildman–Crippen MR) is 106 cm³/mol. The van der Waals surface area contributed by atoms with Crippen LogP contribution in [0.2, 0.25) is 0 Å². The molecule has 0 saturated carbocycles. The highest BCUT2D eigenvalue weighted by Crippen LogP contribution is 2.58. The molecule has 4 aromatic rings. The summed E-state index contributed by atoms with van der Waals surface area (Å²) in [5, 5.41) is 2.93. The lowest BCUT2D eigenvalue weighted by molar-refractivity contribution is -0.205. The quantitative estimate of drug-likeness (QED) is 0.323. The van der Waals surface area contributed by atoms with E-state index in [0.29, 0.717) is 16.9 Å². The molecule has 0 spiro atoms. The van der Waals surface area contributed by atoms with E-state index in [-0.39, 0.29) is 5.69 Å². The highest BCUT2D eigenvalue weighted by molar-refractivity contribution is 6.14. The van der Waals surface area contributed by atoms with E-state index in [0.717, 1.165) is 27.2 Å². The Hall–Kier alpha value is -2.56. The Morgan fingerprint density at radius 3 is 2.21 bits per heavy atom. The summed E-state index contributed by atoms with van der Waals surface area (Å²) in [5.41, 5.74) is 0.735. The van der Waals surface area contributed by atoms with Crippen molar-refractivity contribution < 1.29 is 13.2 Å². The number of fused-ring (bicyclic) bond motifs is 3. The van der Waals surface area contributed by atoms with Crippen LogP contribution >= 0.6 is 0 Å². The molecule has 3 heterocycles. The SMILES string of the molecule is Cc1nc2c3ccccc3c3c(C)ccc4c3n2c1C(C)(C(F)(F)F)C4(C)C. The maximum atomic E-state index is 14.6. The maximum absolute atomic E-state index is 14.6. The predicted octanol–water partition coefficient (Wildman–Crippen LogP) is 6.37. The molecule has 1 aliphatic rings. The molecule has 1 atom stereocenters. The summed E-state index contributed by atoms with van der Waals surface area (Å²) in [4.78, 5) is 4.66. The Morgan fingerprint density at radius 1 is 0.929 bits per heavy atom. The van der Waals surface area contributed by atoms with Gasteiger partial charge < -0.3 is 0 Å². The Labute approximate surface area is 161 Å². The number of benzene rings is 2. The van der Waals surface area contributed by atoms with Gasteiger partial charge in [-0.05, 0) is 37.3 Å². The molecule has 5 heteroatoms. The summed E-state index contributed by atoms with van der Waals surface area (Å²) >= 11 is 0. The van der Waals surface area contributed by atoms with Gasteiger partial charge in [0.25, 0.3) is 0 Å². The van der Waals surface area contributed by atoms with E-state index in [1.54, 1.807) is 25.2 Å². The number of alkyl halides is 3. The van der Waals surface area contributed by atoms with Gasteiger partial charge in [0.2, 0.25) is 0 Å². The fraction of sp³-hybridized carbons (Fsp3) is 0.348. The fourth-order valence-corrected chi connectivity index (χ4v) is 5.23. The molecule has 2 aromatic heterocycles. The maximum Gasteiger partial charge on any atom is 0.400 e. The zero-order chi connectivity index (χ0) is 20.2. The molecule has 2 nitrogen and oxygen atoms in total. The van der Waals surface area contributed by atoms with Gasteiger partial charge >= 0.3 is 6.18 Å². The third kappa shape index (κ3) is 1.70. The molecular formula is C23H21F3N2. The molecule has 2 aromatic carbocycles. The van der Waals surface area contributed by atoms with Gasteiger partial charge in [-0.1, -0.05) is 50.2 Å². The highest BCUT2D eigenvalue weighted by Gasteiger charge is 2.65. The van der Waals surface area contributed by atoms with Gasteiger partial charge in [-0.2, -0.15) is 13.2 Å². The first kappa shape index (κ1) is 17.5. The molecule has 28 heavy (non-hydrogen) atoms. The summed E-state index contributed by atoms with van der Waals surface area (Å²) in [6.45, 7) is 8.46. The van der Waals surface area contributed by atoms with E-state index >= 15 is 0 Å². The van der Waals surface area contributed by atoms with Crippen molar-refractivity contribution in [3.8, 4) is 0 Å². The van der Waals surface area contributed by atoms with Gasteiger partial charge in [0.1, 0.15) is 11.1 Å². The largest absolute Gasteiger partial charge is 0.400 e. The zero-order valence-electron chi connectivity index (χ0n) is 16.5. The van der Waals surface area contributed by atoms with Crippen molar-refractivity contribution in [1.29, 1.82) is 0 Å². The van der Waals surface area contributed by atoms with E-state index in [9.17, 15) is 13.2 Å². The van der Waals surface area contributed by atoms with E-state index < -0.39 is 17.0 Å². The molecule has 0 fully saturated rings. The second kappa shape index (κ2) is 4.88. The average molecular weight is 382 g/mol. The number of nitrogens with zero attached hydrogens (tertiary/aromatic N) is 2. The van der Waals surface area contributed by atoms with Crippen LogP contribution in [0.3, 0.4) is 0 Å². The van der Waals surface area contributed by atoms with Gasteiger partial charge in [-0.3, -0.25) is 4.40 Å². The first-order valence-corrected chi connectivity index (χ1v) is 9.42. The van der Waals surface area contributed by atoms with Crippen molar-refractivity contribution >= 4 is 27.3 Å². The van der Waals surface area contributed by atoms with Crippen LogP contribution < -0.4 is 0 Å². The Bertz CT molecular complexity index is 1310. The van der Waals surface area contributed by atoms with Gasteiger partial charge in [0.15, 0.2) is 0 Å². The van der Waals surface area contributed by atoms with Crippen LogP contribution in [0, 0.1) is 13.8 Å². The highest BCUT2D eigenvalue weighted by atomic mass is 19.4. The number of rotatable bonds is 0. The molecule has 0 amide bonds. The summed E-state index contributed by atoms with van der Waals surface area (Å²) in [6.07, 6.45) is -4.42. The van der Waals surface area contributed by atoms with Crippen molar-refractivity contribution in [2.24, 2.45) is 0 Å². The van der Waals surface area contributed by atoms with E-state index in [4.69, 9.17) is 0 Å². The molecule has 0 N–H and O–H groups in total. The average Bonchev–Trinajstić information content (AvgIpc) is 2.96. The monoisotopic (exact) mass is 382 g/mol. The molecule has 1 aliphatic heterocycles. The molecule has 0 aliphatic carbocycles. The van der Waals surface area contributed by atoms with E-state index in [1.807, 2.05) is 43.3 Å². The number of hydrogen-bond donors (Lipinski definition) is 0. The fourth-order valence-electron chi connectivity index (χ4n) is 5.23. The van der Waals surface area contributed by atoms with E-state index in [2.05, 4.69) is 4.98 Å². The van der Waals surface area contributed by atoms with Gasteiger partial charge in [-0.15, -0.1) is 0 Å². The lowest BCUT2D eigenvalue weighted by atomic mass is 9.58. The van der Waals surface area contributed by atoms with Gasteiger partial charge in [0, 0.05) is 16.2 Å². The van der Waals surface area contributed by atoms with Crippen LogP contribution in [0.5, 0.6) is 0 Å². The minimum Gasteiger partial charge on any atom is -0.295 e. The molecule has 0 saturated heterocycles. The number of pyridine rings is 1. The third-order valence-corrected chi connectivity index (χ3v) is 7.06. The normalized spacial score (nSPS) is 21.3. The van der Waals surface area contributed by atoms with Crippen LogP contribution in [0.15, 0.2) is 36.4 Å². The molecule has 5 rings (SSSR count). The number of halogens is 3. The second-order valence-electron chi connectivity index (χ2n) is 8.65. The van der Waals surface area contributed by atoms with Crippen molar-refractivity contribution in [2.75, 3.05) is 0 Å². The van der Waals surface area contributed by atoms with Crippen molar-refractivity contribution in [2.45, 2.75) is 51.6 Å². The molecule has 1 unspecified atom stereocenters. The third-order valence-electron chi connectivity index (χ3n) is 7.06. The Kier molecular flexibility index (Phi) is 3.06. The minimum absolute atomic E-state index is 0.258. The van der Waals surface area contributed by atoms with Crippen molar-refractivity contribution in [1.82, 2.24) is 9.38 Å². The zero-order valence-corrected chi connectivity index (χ0v) is 16.5. The van der Waals surface area contributed by atoms with Crippen LogP contribution in [-0.4, -0.2) is 15.6 Å².